The van der Waals surface area contributed by atoms with Crippen LogP contribution in [0.2, 0.25) is 0 Å². The van der Waals surface area contributed by atoms with E-state index >= 15 is 0 Å². The van der Waals surface area contributed by atoms with Gasteiger partial charge in [-0.3, -0.25) is 0 Å². The van der Waals surface area contributed by atoms with Gasteiger partial charge in [0.15, 0.2) is 0 Å². The summed E-state index contributed by atoms with van der Waals surface area (Å²) >= 11 is 0. The summed E-state index contributed by atoms with van der Waals surface area (Å²) in [4.78, 5) is 2.41. The second kappa shape index (κ2) is 15.0. The molecular formula is C60H41NO. The lowest BCUT2D eigenvalue weighted by Gasteiger charge is -2.28. The Morgan fingerprint density at radius 3 is 1.89 bits per heavy atom. The van der Waals surface area contributed by atoms with E-state index in [0.29, 0.717) is 0 Å². The number of anilines is 3. The van der Waals surface area contributed by atoms with Crippen LogP contribution >= 0.6 is 0 Å². The van der Waals surface area contributed by atoms with Crippen LogP contribution in [0.4, 0.5) is 17.1 Å². The summed E-state index contributed by atoms with van der Waals surface area (Å²) in [5.41, 5.74) is 17.2. The van der Waals surface area contributed by atoms with E-state index in [1.807, 2.05) is 0 Å². The normalized spacial score (nSPS) is 12.3. The van der Waals surface area contributed by atoms with Crippen molar-refractivity contribution in [2.75, 3.05) is 4.90 Å². The first-order chi connectivity index (χ1) is 30.7. The quantitative estimate of drug-likeness (QED) is 0.160. The number of furan rings is 1. The minimum atomic E-state index is 0.893. The third kappa shape index (κ3) is 6.28. The summed E-state index contributed by atoms with van der Waals surface area (Å²) in [6, 6.07) is 77.3. The minimum absolute atomic E-state index is 0.893. The highest BCUT2D eigenvalue weighted by Crippen LogP contribution is 2.46. The number of fused-ring (bicyclic) bond motifs is 6. The fraction of sp³-hybridized carbons (Fsp3) is 0.0333. The molecule has 0 fully saturated rings. The Morgan fingerprint density at radius 2 is 1.02 bits per heavy atom. The number of para-hydroxylation sites is 2. The maximum atomic E-state index is 6.81. The molecular weight excluding hydrogens is 751 g/mol. The van der Waals surface area contributed by atoms with Gasteiger partial charge in [0.1, 0.15) is 11.2 Å². The van der Waals surface area contributed by atoms with Crippen LogP contribution in [0, 0.1) is 0 Å². The Kier molecular flexibility index (Phi) is 8.67. The van der Waals surface area contributed by atoms with Crippen LogP contribution in [0.3, 0.4) is 0 Å². The fourth-order valence-electron chi connectivity index (χ4n) is 9.58. The molecule has 0 saturated heterocycles. The number of hydrogen-bond acceptors (Lipinski definition) is 2. The van der Waals surface area contributed by atoms with Crippen molar-refractivity contribution in [3.8, 4) is 44.5 Å². The Hall–Kier alpha value is -7.94. The summed E-state index contributed by atoms with van der Waals surface area (Å²) in [7, 11) is 0. The third-order valence-electron chi connectivity index (χ3n) is 12.7. The van der Waals surface area contributed by atoms with Gasteiger partial charge >= 0.3 is 0 Å². The molecule has 1 aromatic heterocycles. The van der Waals surface area contributed by atoms with Gasteiger partial charge in [0.2, 0.25) is 0 Å². The first-order valence-corrected chi connectivity index (χ1v) is 21.5. The van der Waals surface area contributed by atoms with Gasteiger partial charge in [-0.15, -0.1) is 0 Å². The maximum Gasteiger partial charge on any atom is 0.143 e. The van der Waals surface area contributed by atoms with E-state index in [9.17, 15) is 0 Å². The van der Waals surface area contributed by atoms with Crippen LogP contribution < -0.4 is 4.90 Å². The SMILES string of the molecule is C1=Cc2ccc(-c3cccc(N(c4ccc(-c5ccc(-c6cccc7ccccc67)cc5)cc4)c4ccccc4-c4cccc5c4oc4cc6ccccc6cc45)c3)cc2CC1. The summed E-state index contributed by atoms with van der Waals surface area (Å²) in [6.45, 7) is 0. The highest BCUT2D eigenvalue weighted by atomic mass is 16.3. The second-order valence-corrected chi connectivity index (χ2v) is 16.4. The van der Waals surface area contributed by atoms with E-state index in [-0.39, 0.29) is 0 Å². The lowest BCUT2D eigenvalue weighted by Crippen LogP contribution is -2.11. The van der Waals surface area contributed by atoms with Crippen LogP contribution in [0.15, 0.2) is 223 Å². The molecule has 1 aliphatic rings. The average Bonchev–Trinajstić information content (AvgIpc) is 3.71. The first-order valence-electron chi connectivity index (χ1n) is 21.5. The van der Waals surface area contributed by atoms with Gasteiger partial charge in [-0.1, -0.05) is 182 Å². The van der Waals surface area contributed by atoms with Crippen LogP contribution in [-0.4, -0.2) is 0 Å². The van der Waals surface area contributed by atoms with Crippen molar-refractivity contribution >= 4 is 66.6 Å². The van der Waals surface area contributed by atoms with Crippen molar-refractivity contribution in [2.24, 2.45) is 0 Å². The number of benzene rings is 10. The van der Waals surface area contributed by atoms with Gasteiger partial charge in [-0.25, -0.2) is 0 Å². The van der Waals surface area contributed by atoms with Gasteiger partial charge in [0, 0.05) is 33.3 Å². The molecule has 12 rings (SSSR count). The molecule has 292 valence electrons. The number of hydrogen-bond donors (Lipinski definition) is 0. The van der Waals surface area contributed by atoms with Crippen molar-refractivity contribution in [3.05, 3.63) is 230 Å². The lowest BCUT2D eigenvalue weighted by molar-refractivity contribution is 0.670. The molecule has 1 aliphatic carbocycles. The molecule has 11 aromatic rings. The van der Waals surface area contributed by atoms with E-state index in [1.165, 1.54) is 66.1 Å². The molecule has 0 radical (unpaired) electrons. The van der Waals surface area contributed by atoms with Crippen molar-refractivity contribution in [2.45, 2.75) is 12.8 Å². The molecule has 62 heavy (non-hydrogen) atoms. The second-order valence-electron chi connectivity index (χ2n) is 16.4. The van der Waals surface area contributed by atoms with Crippen molar-refractivity contribution < 1.29 is 4.42 Å². The van der Waals surface area contributed by atoms with Crippen LogP contribution in [0.1, 0.15) is 17.5 Å². The third-order valence-corrected chi connectivity index (χ3v) is 12.7. The van der Waals surface area contributed by atoms with Gasteiger partial charge in [-0.05, 0) is 121 Å². The summed E-state index contributed by atoms with van der Waals surface area (Å²) in [6.07, 6.45) is 6.68. The molecule has 0 aliphatic heterocycles. The van der Waals surface area contributed by atoms with Gasteiger partial charge in [0.05, 0.1) is 5.69 Å². The van der Waals surface area contributed by atoms with E-state index in [0.717, 1.165) is 63.0 Å². The first kappa shape index (κ1) is 36.0. The van der Waals surface area contributed by atoms with Crippen LogP contribution in [0.25, 0.3) is 94.1 Å². The summed E-state index contributed by atoms with van der Waals surface area (Å²) < 4.78 is 6.81. The zero-order chi connectivity index (χ0) is 41.0. The van der Waals surface area contributed by atoms with E-state index in [2.05, 4.69) is 229 Å². The van der Waals surface area contributed by atoms with Gasteiger partial charge in [0.25, 0.3) is 0 Å². The standard InChI is InChI=1S/C60H41NO/c1-2-14-45-36-49(31-28-40(45)12-1)46-18-9-19-51(37-46)61(50-34-32-42(33-35-50)41-26-29-44(30-27-41)53-22-10-17-43-13-5-6-20-52(43)53)58-25-8-7-21-54(58)55-23-11-24-56-57-38-47-15-3-4-16-48(47)39-59(57)62-60(55)56/h1,3-13,15-39H,2,14H2. The molecule has 0 unspecified atom stereocenters. The van der Waals surface area contributed by atoms with Gasteiger partial charge < -0.3 is 9.32 Å². The van der Waals surface area contributed by atoms with Crippen LogP contribution in [-0.2, 0) is 6.42 Å². The minimum Gasteiger partial charge on any atom is -0.455 e. The fourth-order valence-corrected chi connectivity index (χ4v) is 9.58. The predicted octanol–water partition coefficient (Wildman–Crippen LogP) is 17.0. The number of allylic oxidation sites excluding steroid dienone is 1. The number of nitrogens with zero attached hydrogens (tertiary/aromatic N) is 1. The Labute approximate surface area is 361 Å². The molecule has 2 nitrogen and oxygen atoms in total. The molecule has 0 N–H and O–H groups in total. The predicted molar refractivity (Wildman–Crippen MR) is 263 cm³/mol. The van der Waals surface area contributed by atoms with E-state index in [1.54, 1.807) is 0 Å². The molecule has 0 saturated carbocycles. The molecule has 10 aromatic carbocycles. The van der Waals surface area contributed by atoms with Crippen molar-refractivity contribution in [1.82, 2.24) is 0 Å². The van der Waals surface area contributed by atoms with E-state index < -0.39 is 0 Å². The monoisotopic (exact) mass is 791 g/mol. The van der Waals surface area contributed by atoms with E-state index in [4.69, 9.17) is 4.42 Å². The largest absolute Gasteiger partial charge is 0.455 e. The highest BCUT2D eigenvalue weighted by molar-refractivity contribution is 6.14. The molecule has 0 atom stereocenters. The Morgan fingerprint density at radius 1 is 0.387 bits per heavy atom. The topological polar surface area (TPSA) is 16.4 Å². The lowest BCUT2D eigenvalue weighted by atomic mass is 9.93. The average molecular weight is 792 g/mol. The molecule has 1 heterocycles. The van der Waals surface area contributed by atoms with Crippen molar-refractivity contribution in [3.63, 3.8) is 0 Å². The Bertz CT molecular complexity index is 3510. The van der Waals surface area contributed by atoms with Crippen molar-refractivity contribution in [1.29, 1.82) is 0 Å². The smallest absolute Gasteiger partial charge is 0.143 e. The molecule has 0 bridgehead atoms. The summed E-state index contributed by atoms with van der Waals surface area (Å²) in [5, 5.41) is 7.15. The zero-order valence-corrected chi connectivity index (χ0v) is 34.1. The molecule has 2 heteroatoms. The van der Waals surface area contributed by atoms with Crippen LogP contribution in [0.5, 0.6) is 0 Å². The number of aryl methyl sites for hydroxylation is 1. The van der Waals surface area contributed by atoms with Gasteiger partial charge in [-0.2, -0.15) is 0 Å². The Balaban J connectivity index is 0.980. The highest BCUT2D eigenvalue weighted by Gasteiger charge is 2.21. The number of rotatable bonds is 7. The summed E-state index contributed by atoms with van der Waals surface area (Å²) in [5.74, 6) is 0. The molecule has 0 amide bonds. The zero-order valence-electron chi connectivity index (χ0n) is 34.1. The maximum absolute atomic E-state index is 6.81. The molecule has 0 spiro atoms.